The fourth-order valence-electron chi connectivity index (χ4n) is 2.30. The number of nitrogens with zero attached hydrogens (tertiary/aromatic N) is 1. The molecule has 1 fully saturated rings. The average Bonchev–Trinajstić information content (AvgIpc) is 2.74. The third kappa shape index (κ3) is 3.30. The van der Waals surface area contributed by atoms with Crippen LogP contribution in [0.3, 0.4) is 0 Å². The van der Waals surface area contributed by atoms with Gasteiger partial charge in [-0.25, -0.2) is 13.2 Å². The minimum Gasteiger partial charge on any atom is -0.477 e. The van der Waals surface area contributed by atoms with E-state index in [1.165, 1.54) is 6.07 Å². The molecule has 1 aromatic carbocycles. The summed E-state index contributed by atoms with van der Waals surface area (Å²) in [7, 11) is -3.09. The van der Waals surface area contributed by atoms with Gasteiger partial charge in [-0.2, -0.15) is 0 Å². The van der Waals surface area contributed by atoms with Gasteiger partial charge in [-0.3, -0.25) is 10.1 Å². The van der Waals surface area contributed by atoms with Gasteiger partial charge in [0, 0.05) is 18.3 Å². The Hall–Kier alpha value is -2.16. The quantitative estimate of drug-likeness (QED) is 0.619. The number of carboxylic acid groups (broad SMARTS) is 1. The SMILES string of the molecule is O=C(O)c1cc(NCC2CCCS2(=O)=O)ccc1[N+](=O)[O-]. The minimum atomic E-state index is -3.09. The maximum Gasteiger partial charge on any atom is 0.342 e. The molecule has 8 nitrogen and oxygen atoms in total. The van der Waals surface area contributed by atoms with E-state index in [2.05, 4.69) is 5.32 Å². The molecule has 114 valence electrons. The Morgan fingerprint density at radius 1 is 1.48 bits per heavy atom. The number of nitro groups is 1. The highest BCUT2D eigenvalue weighted by atomic mass is 32.2. The second-order valence-corrected chi connectivity index (χ2v) is 7.21. The van der Waals surface area contributed by atoms with E-state index < -0.39 is 37.2 Å². The zero-order valence-electron chi connectivity index (χ0n) is 11.0. The van der Waals surface area contributed by atoms with Crippen LogP contribution < -0.4 is 5.32 Å². The molecule has 2 N–H and O–H groups in total. The molecule has 2 rings (SSSR count). The van der Waals surface area contributed by atoms with Crippen molar-refractivity contribution in [2.24, 2.45) is 0 Å². The van der Waals surface area contributed by atoms with Crippen LogP contribution in [0.25, 0.3) is 0 Å². The number of rotatable bonds is 5. The molecule has 1 saturated heterocycles. The Morgan fingerprint density at radius 3 is 2.71 bits per heavy atom. The number of hydrogen-bond acceptors (Lipinski definition) is 6. The van der Waals surface area contributed by atoms with E-state index in [-0.39, 0.29) is 12.3 Å². The smallest absolute Gasteiger partial charge is 0.342 e. The van der Waals surface area contributed by atoms with Gasteiger partial charge >= 0.3 is 5.97 Å². The highest BCUT2D eigenvalue weighted by Crippen LogP contribution is 2.24. The van der Waals surface area contributed by atoms with Gasteiger partial charge in [0.25, 0.3) is 5.69 Å². The number of sulfone groups is 1. The molecule has 0 spiro atoms. The predicted octanol–water partition coefficient (Wildman–Crippen LogP) is 1.28. The second-order valence-electron chi connectivity index (χ2n) is 4.81. The molecule has 1 aromatic rings. The zero-order chi connectivity index (χ0) is 15.6. The third-order valence-electron chi connectivity index (χ3n) is 3.42. The number of nitrogens with one attached hydrogen (secondary N) is 1. The van der Waals surface area contributed by atoms with Crippen LogP contribution in [0.2, 0.25) is 0 Å². The summed E-state index contributed by atoms with van der Waals surface area (Å²) in [4.78, 5) is 21.0. The summed E-state index contributed by atoms with van der Waals surface area (Å²) in [6.45, 7) is 0.166. The van der Waals surface area contributed by atoms with Crippen molar-refractivity contribution in [3.8, 4) is 0 Å². The van der Waals surface area contributed by atoms with Crippen molar-refractivity contribution in [1.82, 2.24) is 0 Å². The fourth-order valence-corrected chi connectivity index (χ4v) is 4.06. The summed E-state index contributed by atoms with van der Waals surface area (Å²) in [5, 5.41) is 22.0. The van der Waals surface area contributed by atoms with Gasteiger partial charge in [-0.05, 0) is 25.0 Å². The molecular formula is C12H14N2O6S. The van der Waals surface area contributed by atoms with E-state index in [9.17, 15) is 23.3 Å². The van der Waals surface area contributed by atoms with E-state index in [0.29, 0.717) is 18.5 Å². The van der Waals surface area contributed by atoms with Crippen LogP contribution in [0, 0.1) is 10.1 Å². The molecule has 1 unspecified atom stereocenters. The van der Waals surface area contributed by atoms with Crippen molar-refractivity contribution in [2.75, 3.05) is 17.6 Å². The lowest BCUT2D eigenvalue weighted by Gasteiger charge is -2.12. The van der Waals surface area contributed by atoms with Gasteiger partial charge in [0.1, 0.15) is 5.56 Å². The van der Waals surface area contributed by atoms with Gasteiger partial charge in [0.05, 0.1) is 15.9 Å². The van der Waals surface area contributed by atoms with E-state index in [1.807, 2.05) is 0 Å². The summed E-state index contributed by atoms with van der Waals surface area (Å²) in [6.07, 6.45) is 1.18. The van der Waals surface area contributed by atoms with Crippen molar-refractivity contribution in [3.63, 3.8) is 0 Å². The molecule has 1 atom stereocenters. The summed E-state index contributed by atoms with van der Waals surface area (Å²) in [5.74, 6) is -1.24. The highest BCUT2D eigenvalue weighted by molar-refractivity contribution is 7.92. The minimum absolute atomic E-state index is 0.166. The lowest BCUT2D eigenvalue weighted by molar-refractivity contribution is -0.385. The second kappa shape index (κ2) is 5.68. The molecule has 0 bridgehead atoms. The van der Waals surface area contributed by atoms with Crippen LogP contribution in [0.4, 0.5) is 11.4 Å². The lowest BCUT2D eigenvalue weighted by Crippen LogP contribution is -2.25. The number of carbonyl (C=O) groups is 1. The number of anilines is 1. The maximum absolute atomic E-state index is 11.7. The summed E-state index contributed by atoms with van der Waals surface area (Å²) in [6, 6.07) is 3.60. The van der Waals surface area contributed by atoms with Crippen LogP contribution in [0.5, 0.6) is 0 Å². The molecular weight excluding hydrogens is 300 g/mol. The molecule has 1 aliphatic heterocycles. The van der Waals surface area contributed by atoms with E-state index in [0.717, 1.165) is 12.1 Å². The van der Waals surface area contributed by atoms with Crippen LogP contribution in [-0.4, -0.2) is 42.0 Å². The summed E-state index contributed by atoms with van der Waals surface area (Å²) >= 11 is 0. The van der Waals surface area contributed by atoms with Gasteiger partial charge < -0.3 is 10.4 Å². The average molecular weight is 314 g/mol. The summed E-state index contributed by atoms with van der Waals surface area (Å²) < 4.78 is 23.4. The molecule has 0 saturated carbocycles. The van der Waals surface area contributed by atoms with Gasteiger partial charge in [0.15, 0.2) is 9.84 Å². The van der Waals surface area contributed by atoms with E-state index in [4.69, 9.17) is 5.11 Å². The number of hydrogen-bond donors (Lipinski definition) is 2. The standard InChI is InChI=1S/C12H14N2O6S/c15-12(16)10-6-8(3-4-11(10)14(17)18)13-7-9-2-1-5-21(9,19)20/h3-4,6,9,13H,1-2,5,7H2,(H,15,16). The molecule has 0 aromatic heterocycles. The first-order chi connectivity index (χ1) is 9.81. The van der Waals surface area contributed by atoms with Crippen LogP contribution in [0.15, 0.2) is 18.2 Å². The zero-order valence-corrected chi connectivity index (χ0v) is 11.8. The Bertz CT molecular complexity index is 685. The molecule has 1 heterocycles. The van der Waals surface area contributed by atoms with E-state index in [1.54, 1.807) is 0 Å². The molecule has 1 aliphatic rings. The molecule has 0 radical (unpaired) electrons. The van der Waals surface area contributed by atoms with Crippen LogP contribution in [-0.2, 0) is 9.84 Å². The number of nitro benzene ring substituents is 1. The fraction of sp³-hybridized carbons (Fsp3) is 0.417. The van der Waals surface area contributed by atoms with Gasteiger partial charge in [0.2, 0.25) is 0 Å². The lowest BCUT2D eigenvalue weighted by atomic mass is 10.1. The van der Waals surface area contributed by atoms with Gasteiger partial charge in [-0.1, -0.05) is 0 Å². The van der Waals surface area contributed by atoms with Crippen molar-refractivity contribution >= 4 is 27.2 Å². The van der Waals surface area contributed by atoms with Crippen molar-refractivity contribution in [3.05, 3.63) is 33.9 Å². The molecule has 0 aliphatic carbocycles. The van der Waals surface area contributed by atoms with Crippen molar-refractivity contribution in [2.45, 2.75) is 18.1 Å². The Morgan fingerprint density at radius 2 is 2.19 bits per heavy atom. The first-order valence-corrected chi connectivity index (χ1v) is 8.00. The number of aromatic carboxylic acids is 1. The highest BCUT2D eigenvalue weighted by Gasteiger charge is 2.31. The Labute approximate surface area is 120 Å². The Balaban J connectivity index is 2.16. The largest absolute Gasteiger partial charge is 0.477 e. The topological polar surface area (TPSA) is 127 Å². The first-order valence-electron chi connectivity index (χ1n) is 6.28. The molecule has 0 amide bonds. The Kier molecular flexibility index (Phi) is 4.12. The molecule has 9 heteroatoms. The maximum atomic E-state index is 11.7. The molecule has 21 heavy (non-hydrogen) atoms. The van der Waals surface area contributed by atoms with E-state index >= 15 is 0 Å². The van der Waals surface area contributed by atoms with Gasteiger partial charge in [-0.15, -0.1) is 0 Å². The number of carboxylic acids is 1. The van der Waals surface area contributed by atoms with Crippen LogP contribution in [0.1, 0.15) is 23.2 Å². The first kappa shape index (κ1) is 15.2. The van der Waals surface area contributed by atoms with Crippen LogP contribution >= 0.6 is 0 Å². The normalized spacial score (nSPS) is 20.1. The monoisotopic (exact) mass is 314 g/mol. The predicted molar refractivity (Wildman–Crippen MR) is 75.4 cm³/mol. The van der Waals surface area contributed by atoms with Crippen molar-refractivity contribution in [1.29, 1.82) is 0 Å². The number of benzene rings is 1. The van der Waals surface area contributed by atoms with Crippen molar-refractivity contribution < 1.29 is 23.2 Å². The summed E-state index contributed by atoms with van der Waals surface area (Å²) in [5.41, 5.74) is -0.582. The third-order valence-corrected chi connectivity index (χ3v) is 5.70.